The smallest absolute Gasteiger partial charge is 0.337 e. The standard InChI is InChI=1S/C23H20ClFN4O3/c24-16-7-9-17(10-8-16)29-21-20(22(30)28(23(29)31)13-18-5-3-11-32-18)27(14-26-21)12-15-4-1-2-6-19(15)25/h1-2,4,6-10,14,18H,3,5,11-13H2. The van der Waals surface area contributed by atoms with E-state index in [1.54, 1.807) is 47.0 Å². The molecule has 1 saturated heterocycles. The first-order chi connectivity index (χ1) is 15.5. The minimum Gasteiger partial charge on any atom is -0.376 e. The molecule has 4 aromatic rings. The Balaban J connectivity index is 1.73. The maximum Gasteiger partial charge on any atom is 0.337 e. The van der Waals surface area contributed by atoms with Crippen LogP contribution < -0.4 is 11.2 Å². The fourth-order valence-electron chi connectivity index (χ4n) is 4.09. The van der Waals surface area contributed by atoms with Crippen LogP contribution >= 0.6 is 11.6 Å². The summed E-state index contributed by atoms with van der Waals surface area (Å²) in [6.07, 6.45) is 2.91. The Hall–Kier alpha value is -3.23. The van der Waals surface area contributed by atoms with Gasteiger partial charge < -0.3 is 9.30 Å². The molecule has 3 heterocycles. The van der Waals surface area contributed by atoms with E-state index in [-0.39, 0.29) is 36.2 Å². The number of imidazole rings is 1. The maximum atomic E-state index is 14.3. The molecule has 9 heteroatoms. The van der Waals surface area contributed by atoms with Gasteiger partial charge in [-0.15, -0.1) is 0 Å². The normalized spacial score (nSPS) is 16.1. The minimum absolute atomic E-state index is 0.108. The molecule has 0 radical (unpaired) electrons. The highest BCUT2D eigenvalue weighted by atomic mass is 35.5. The molecule has 0 bridgehead atoms. The molecule has 5 rings (SSSR count). The molecule has 0 aliphatic carbocycles. The number of nitrogens with zero attached hydrogens (tertiary/aromatic N) is 4. The summed E-state index contributed by atoms with van der Waals surface area (Å²) >= 11 is 6.02. The minimum atomic E-state index is -0.503. The highest BCUT2D eigenvalue weighted by Gasteiger charge is 2.23. The highest BCUT2D eigenvalue weighted by Crippen LogP contribution is 2.19. The zero-order valence-corrected chi connectivity index (χ0v) is 17.8. The lowest BCUT2D eigenvalue weighted by Gasteiger charge is -2.15. The van der Waals surface area contributed by atoms with E-state index < -0.39 is 11.2 Å². The van der Waals surface area contributed by atoms with Gasteiger partial charge in [-0.2, -0.15) is 0 Å². The van der Waals surface area contributed by atoms with Crippen LogP contribution in [0.4, 0.5) is 4.39 Å². The lowest BCUT2D eigenvalue weighted by molar-refractivity contribution is 0.0950. The zero-order valence-electron chi connectivity index (χ0n) is 17.1. The van der Waals surface area contributed by atoms with E-state index in [9.17, 15) is 14.0 Å². The number of hydrogen-bond acceptors (Lipinski definition) is 4. The van der Waals surface area contributed by atoms with Gasteiger partial charge in [0.15, 0.2) is 11.2 Å². The molecule has 2 aromatic carbocycles. The number of aromatic nitrogens is 4. The summed E-state index contributed by atoms with van der Waals surface area (Å²) in [6, 6.07) is 13.1. The van der Waals surface area contributed by atoms with Crippen LogP contribution in [0.25, 0.3) is 16.9 Å². The first kappa shape index (κ1) is 20.7. The van der Waals surface area contributed by atoms with Gasteiger partial charge in [-0.3, -0.25) is 9.36 Å². The summed E-state index contributed by atoms with van der Waals surface area (Å²) in [5.41, 5.74) is 0.404. The fraction of sp³-hybridized carbons (Fsp3) is 0.261. The molecule has 0 spiro atoms. The van der Waals surface area contributed by atoms with Gasteiger partial charge in [0.1, 0.15) is 5.82 Å². The molecule has 1 atom stereocenters. The predicted octanol–water partition coefficient (Wildman–Crippen LogP) is 3.37. The Morgan fingerprint density at radius 3 is 2.62 bits per heavy atom. The Morgan fingerprint density at radius 1 is 1.12 bits per heavy atom. The number of ether oxygens (including phenoxy) is 1. The van der Waals surface area contributed by atoms with Crippen LogP contribution in [0.2, 0.25) is 5.02 Å². The van der Waals surface area contributed by atoms with E-state index in [0.29, 0.717) is 22.9 Å². The first-order valence-corrected chi connectivity index (χ1v) is 10.7. The Bertz CT molecular complexity index is 1400. The lowest BCUT2D eigenvalue weighted by atomic mass is 10.2. The van der Waals surface area contributed by atoms with Crippen molar-refractivity contribution in [3.8, 4) is 5.69 Å². The molecule has 1 aliphatic heterocycles. The third-order valence-electron chi connectivity index (χ3n) is 5.69. The molecule has 32 heavy (non-hydrogen) atoms. The average Bonchev–Trinajstić information content (AvgIpc) is 3.44. The second-order valence-electron chi connectivity index (χ2n) is 7.78. The quantitative estimate of drug-likeness (QED) is 0.463. The van der Waals surface area contributed by atoms with Crippen molar-refractivity contribution in [2.75, 3.05) is 6.61 Å². The summed E-state index contributed by atoms with van der Waals surface area (Å²) in [5.74, 6) is -0.375. The monoisotopic (exact) mass is 454 g/mol. The van der Waals surface area contributed by atoms with Gasteiger partial charge in [0, 0.05) is 17.2 Å². The predicted molar refractivity (Wildman–Crippen MR) is 119 cm³/mol. The van der Waals surface area contributed by atoms with E-state index in [2.05, 4.69) is 4.98 Å². The van der Waals surface area contributed by atoms with Crippen molar-refractivity contribution in [2.45, 2.75) is 32.0 Å². The largest absolute Gasteiger partial charge is 0.376 e. The molecule has 0 saturated carbocycles. The summed E-state index contributed by atoms with van der Waals surface area (Å²) in [4.78, 5) is 31.2. The van der Waals surface area contributed by atoms with Gasteiger partial charge in [-0.25, -0.2) is 18.7 Å². The van der Waals surface area contributed by atoms with Crippen LogP contribution in [0.5, 0.6) is 0 Å². The second-order valence-corrected chi connectivity index (χ2v) is 8.22. The second kappa shape index (κ2) is 8.37. The summed E-state index contributed by atoms with van der Waals surface area (Å²) in [5, 5.41) is 0.524. The third kappa shape index (κ3) is 3.65. The van der Waals surface area contributed by atoms with E-state index >= 15 is 0 Å². The Labute approximate surface area is 187 Å². The topological polar surface area (TPSA) is 71.0 Å². The molecule has 7 nitrogen and oxygen atoms in total. The number of benzene rings is 2. The van der Waals surface area contributed by atoms with E-state index in [0.717, 1.165) is 12.8 Å². The van der Waals surface area contributed by atoms with Crippen molar-refractivity contribution in [3.63, 3.8) is 0 Å². The van der Waals surface area contributed by atoms with Gasteiger partial charge in [0.2, 0.25) is 0 Å². The molecule has 0 amide bonds. The molecule has 164 valence electrons. The van der Waals surface area contributed by atoms with Crippen molar-refractivity contribution in [1.29, 1.82) is 0 Å². The number of fused-ring (bicyclic) bond motifs is 1. The first-order valence-electron chi connectivity index (χ1n) is 10.3. The van der Waals surface area contributed by atoms with Crippen molar-refractivity contribution in [1.82, 2.24) is 18.7 Å². The van der Waals surface area contributed by atoms with E-state index in [4.69, 9.17) is 16.3 Å². The zero-order chi connectivity index (χ0) is 22.2. The van der Waals surface area contributed by atoms with Gasteiger partial charge in [0.05, 0.1) is 31.2 Å². The van der Waals surface area contributed by atoms with Crippen LogP contribution in [-0.4, -0.2) is 31.4 Å². The van der Waals surface area contributed by atoms with Crippen LogP contribution in [0.15, 0.2) is 64.4 Å². The van der Waals surface area contributed by atoms with Crippen molar-refractivity contribution in [2.24, 2.45) is 0 Å². The number of hydrogen-bond donors (Lipinski definition) is 0. The van der Waals surface area contributed by atoms with Gasteiger partial charge in [0.25, 0.3) is 5.56 Å². The highest BCUT2D eigenvalue weighted by molar-refractivity contribution is 6.30. The molecule has 0 N–H and O–H groups in total. The molecule has 1 fully saturated rings. The Morgan fingerprint density at radius 2 is 1.91 bits per heavy atom. The van der Waals surface area contributed by atoms with Crippen molar-refractivity contribution >= 4 is 22.8 Å². The third-order valence-corrected chi connectivity index (χ3v) is 5.95. The van der Waals surface area contributed by atoms with Gasteiger partial charge in [-0.1, -0.05) is 29.8 Å². The average molecular weight is 455 g/mol. The maximum absolute atomic E-state index is 14.3. The molecule has 1 aliphatic rings. The molecular formula is C23H20ClFN4O3. The van der Waals surface area contributed by atoms with Crippen LogP contribution in [0.1, 0.15) is 18.4 Å². The summed E-state index contributed by atoms with van der Waals surface area (Å²) in [7, 11) is 0. The van der Waals surface area contributed by atoms with Gasteiger partial charge >= 0.3 is 5.69 Å². The fourth-order valence-corrected chi connectivity index (χ4v) is 4.21. The van der Waals surface area contributed by atoms with Crippen molar-refractivity contribution < 1.29 is 9.13 Å². The lowest BCUT2D eigenvalue weighted by Crippen LogP contribution is -2.42. The number of rotatable bonds is 5. The molecular weight excluding hydrogens is 435 g/mol. The SMILES string of the molecule is O=c1c2c(ncn2Cc2ccccc2F)n(-c2ccc(Cl)cc2)c(=O)n1CC1CCCO1. The summed E-state index contributed by atoms with van der Waals surface area (Å²) < 4.78 is 24.1. The van der Waals surface area contributed by atoms with Crippen molar-refractivity contribution in [3.05, 3.63) is 92.1 Å². The van der Waals surface area contributed by atoms with Gasteiger partial charge in [-0.05, 0) is 43.2 Å². The summed E-state index contributed by atoms with van der Waals surface area (Å²) in [6.45, 7) is 0.863. The van der Waals surface area contributed by atoms with Crippen LogP contribution in [-0.2, 0) is 17.8 Å². The number of halogens is 2. The molecule has 1 unspecified atom stereocenters. The molecule has 2 aromatic heterocycles. The Kier molecular flexibility index (Phi) is 5.40. The van der Waals surface area contributed by atoms with Crippen LogP contribution in [0.3, 0.4) is 0 Å². The van der Waals surface area contributed by atoms with E-state index in [1.807, 2.05) is 0 Å². The van der Waals surface area contributed by atoms with E-state index in [1.165, 1.54) is 21.5 Å². The van der Waals surface area contributed by atoms with Crippen LogP contribution in [0, 0.1) is 5.82 Å².